The van der Waals surface area contributed by atoms with Crippen molar-refractivity contribution in [1.82, 2.24) is 4.98 Å². The van der Waals surface area contributed by atoms with Crippen LogP contribution in [0.5, 0.6) is 0 Å². The number of nitrogens with one attached hydrogen (secondary N) is 1. The van der Waals surface area contributed by atoms with Gasteiger partial charge in [0.1, 0.15) is 0 Å². The SMILES string of the molecule is CC(C)(C)c1ccc(Nc2ccc(-c3cnc(C4CCC(C(=O)O)CC4)s3)cc2)cc1. The molecule has 1 aromatic heterocycles. The predicted molar refractivity (Wildman–Crippen MR) is 128 cm³/mol. The molecule has 0 radical (unpaired) electrons. The summed E-state index contributed by atoms with van der Waals surface area (Å²) in [5, 5.41) is 13.8. The van der Waals surface area contributed by atoms with Crippen LogP contribution < -0.4 is 5.32 Å². The van der Waals surface area contributed by atoms with Gasteiger partial charge < -0.3 is 10.4 Å². The van der Waals surface area contributed by atoms with Crippen molar-refractivity contribution in [3.05, 3.63) is 65.3 Å². The number of carboxylic acids is 1. The molecule has 4 rings (SSSR count). The summed E-state index contributed by atoms with van der Waals surface area (Å²) in [6.07, 6.45) is 5.30. The van der Waals surface area contributed by atoms with Crippen molar-refractivity contribution >= 4 is 28.7 Å². The van der Waals surface area contributed by atoms with Crippen molar-refractivity contribution in [2.75, 3.05) is 5.32 Å². The Morgan fingerprint density at radius 2 is 1.55 bits per heavy atom. The fourth-order valence-corrected chi connectivity index (χ4v) is 5.23. The van der Waals surface area contributed by atoms with Gasteiger partial charge in [0.05, 0.1) is 15.8 Å². The van der Waals surface area contributed by atoms with Crippen molar-refractivity contribution in [3.8, 4) is 10.4 Å². The zero-order valence-electron chi connectivity index (χ0n) is 18.4. The van der Waals surface area contributed by atoms with Crippen LogP contribution in [0.1, 0.15) is 62.9 Å². The van der Waals surface area contributed by atoms with E-state index in [9.17, 15) is 9.90 Å². The summed E-state index contributed by atoms with van der Waals surface area (Å²) in [4.78, 5) is 17.0. The molecule has 2 N–H and O–H groups in total. The highest BCUT2D eigenvalue weighted by molar-refractivity contribution is 7.15. The largest absolute Gasteiger partial charge is 0.481 e. The third kappa shape index (κ3) is 5.16. The number of anilines is 2. The summed E-state index contributed by atoms with van der Waals surface area (Å²) < 4.78 is 0. The Hall–Kier alpha value is -2.66. The zero-order valence-corrected chi connectivity index (χ0v) is 19.2. The first kappa shape index (κ1) is 21.6. The molecule has 0 unspecified atom stereocenters. The van der Waals surface area contributed by atoms with Gasteiger partial charge >= 0.3 is 5.97 Å². The van der Waals surface area contributed by atoms with Crippen LogP contribution in [0.2, 0.25) is 0 Å². The van der Waals surface area contributed by atoms with E-state index in [0.29, 0.717) is 5.92 Å². The second-order valence-corrected chi connectivity index (χ2v) is 10.5. The molecule has 3 aromatic rings. The van der Waals surface area contributed by atoms with E-state index in [4.69, 9.17) is 0 Å². The van der Waals surface area contributed by atoms with Crippen LogP contribution >= 0.6 is 11.3 Å². The molecule has 2 aromatic carbocycles. The number of aliphatic carboxylic acids is 1. The van der Waals surface area contributed by atoms with Crippen molar-refractivity contribution < 1.29 is 9.90 Å². The second kappa shape index (κ2) is 8.83. The Morgan fingerprint density at radius 1 is 0.968 bits per heavy atom. The number of nitrogens with zero attached hydrogens (tertiary/aromatic N) is 1. The zero-order chi connectivity index (χ0) is 22.0. The molecule has 0 saturated heterocycles. The summed E-state index contributed by atoms with van der Waals surface area (Å²) >= 11 is 1.74. The van der Waals surface area contributed by atoms with Gasteiger partial charge in [-0.25, -0.2) is 4.98 Å². The van der Waals surface area contributed by atoms with Crippen LogP contribution in [0.4, 0.5) is 11.4 Å². The fourth-order valence-electron chi connectivity index (χ4n) is 4.14. The van der Waals surface area contributed by atoms with Gasteiger partial charge in [-0.05, 0) is 66.5 Å². The molecule has 31 heavy (non-hydrogen) atoms. The van der Waals surface area contributed by atoms with E-state index in [-0.39, 0.29) is 11.3 Å². The fraction of sp³-hybridized carbons (Fsp3) is 0.385. The van der Waals surface area contributed by atoms with E-state index >= 15 is 0 Å². The Labute approximate surface area is 188 Å². The van der Waals surface area contributed by atoms with Crippen LogP contribution in [0.25, 0.3) is 10.4 Å². The van der Waals surface area contributed by atoms with Gasteiger partial charge in [-0.3, -0.25) is 4.79 Å². The average molecular weight is 435 g/mol. The van der Waals surface area contributed by atoms with Gasteiger partial charge in [0, 0.05) is 23.5 Å². The smallest absolute Gasteiger partial charge is 0.306 e. The van der Waals surface area contributed by atoms with E-state index in [0.717, 1.165) is 52.5 Å². The minimum Gasteiger partial charge on any atom is -0.481 e. The van der Waals surface area contributed by atoms with E-state index < -0.39 is 5.97 Å². The number of hydrogen-bond acceptors (Lipinski definition) is 4. The van der Waals surface area contributed by atoms with Crippen molar-refractivity contribution in [2.24, 2.45) is 5.92 Å². The van der Waals surface area contributed by atoms with Gasteiger partial charge in [0.25, 0.3) is 0 Å². The van der Waals surface area contributed by atoms with Crippen molar-refractivity contribution in [1.29, 1.82) is 0 Å². The molecule has 0 amide bonds. The lowest BCUT2D eigenvalue weighted by atomic mass is 9.82. The number of carboxylic acid groups (broad SMARTS) is 1. The minimum atomic E-state index is -0.655. The third-order valence-electron chi connectivity index (χ3n) is 6.16. The van der Waals surface area contributed by atoms with Gasteiger partial charge in [-0.1, -0.05) is 45.0 Å². The number of rotatable bonds is 5. The topological polar surface area (TPSA) is 62.2 Å². The molecule has 5 heteroatoms. The molecule has 162 valence electrons. The standard InChI is InChI=1S/C26H30N2O2S/c1-26(2,3)20-10-14-22(15-11-20)28-21-12-8-17(9-13-21)23-16-27-24(31-23)18-4-6-19(7-5-18)25(29)30/h8-16,18-19,28H,4-7H2,1-3H3,(H,29,30). The Balaban J connectivity index is 1.39. The lowest BCUT2D eigenvalue weighted by Crippen LogP contribution is -2.20. The molecule has 0 bridgehead atoms. The number of aromatic nitrogens is 1. The van der Waals surface area contributed by atoms with Crippen molar-refractivity contribution in [3.63, 3.8) is 0 Å². The highest BCUT2D eigenvalue weighted by Crippen LogP contribution is 2.39. The maximum absolute atomic E-state index is 11.2. The van der Waals surface area contributed by atoms with Crippen LogP contribution in [-0.2, 0) is 10.2 Å². The Bertz CT molecular complexity index is 1020. The first-order valence-electron chi connectivity index (χ1n) is 11.0. The van der Waals surface area contributed by atoms with Gasteiger partial charge in [0.15, 0.2) is 0 Å². The molecule has 1 aliphatic carbocycles. The van der Waals surface area contributed by atoms with E-state index in [2.05, 4.69) is 79.6 Å². The Morgan fingerprint density at radius 3 is 2.10 bits per heavy atom. The molecule has 1 aliphatic rings. The molecule has 1 fully saturated rings. The lowest BCUT2D eigenvalue weighted by molar-refractivity contribution is -0.142. The van der Waals surface area contributed by atoms with Crippen LogP contribution in [0.3, 0.4) is 0 Å². The molecular formula is C26H30N2O2S. The normalized spacial score (nSPS) is 19.2. The first-order chi connectivity index (χ1) is 14.8. The lowest BCUT2D eigenvalue weighted by Gasteiger charge is -2.24. The summed E-state index contributed by atoms with van der Waals surface area (Å²) in [6, 6.07) is 17.1. The number of carbonyl (C=O) groups is 1. The van der Waals surface area contributed by atoms with E-state index in [1.54, 1.807) is 11.3 Å². The average Bonchev–Trinajstić information content (AvgIpc) is 3.24. The van der Waals surface area contributed by atoms with Crippen LogP contribution in [0, 0.1) is 5.92 Å². The molecule has 0 spiro atoms. The summed E-state index contributed by atoms with van der Waals surface area (Å²) in [5.41, 5.74) is 4.79. The number of benzene rings is 2. The highest BCUT2D eigenvalue weighted by Gasteiger charge is 2.28. The maximum Gasteiger partial charge on any atom is 0.306 e. The Kier molecular flexibility index (Phi) is 6.15. The third-order valence-corrected chi connectivity index (χ3v) is 7.37. The van der Waals surface area contributed by atoms with Gasteiger partial charge in [-0.15, -0.1) is 11.3 Å². The maximum atomic E-state index is 11.2. The monoisotopic (exact) mass is 434 g/mol. The first-order valence-corrected chi connectivity index (χ1v) is 11.8. The second-order valence-electron chi connectivity index (χ2n) is 9.48. The van der Waals surface area contributed by atoms with Crippen molar-refractivity contribution in [2.45, 2.75) is 57.8 Å². The number of thiazole rings is 1. The van der Waals surface area contributed by atoms with Crippen LogP contribution in [0.15, 0.2) is 54.7 Å². The molecule has 0 aliphatic heterocycles. The quantitative estimate of drug-likeness (QED) is 0.445. The highest BCUT2D eigenvalue weighted by atomic mass is 32.1. The predicted octanol–water partition coefficient (Wildman–Crippen LogP) is 7.21. The van der Waals surface area contributed by atoms with E-state index in [1.807, 2.05) is 6.20 Å². The minimum absolute atomic E-state index is 0.156. The molecule has 0 atom stereocenters. The molecule has 1 heterocycles. The van der Waals surface area contributed by atoms with E-state index in [1.165, 1.54) is 5.56 Å². The number of hydrogen-bond donors (Lipinski definition) is 2. The molecule has 4 nitrogen and oxygen atoms in total. The van der Waals surface area contributed by atoms with Crippen LogP contribution in [-0.4, -0.2) is 16.1 Å². The van der Waals surface area contributed by atoms with Gasteiger partial charge in [0.2, 0.25) is 0 Å². The van der Waals surface area contributed by atoms with Gasteiger partial charge in [-0.2, -0.15) is 0 Å². The summed E-state index contributed by atoms with van der Waals surface area (Å²) in [7, 11) is 0. The summed E-state index contributed by atoms with van der Waals surface area (Å²) in [5.74, 6) is -0.441. The summed E-state index contributed by atoms with van der Waals surface area (Å²) in [6.45, 7) is 6.67. The molecular weight excluding hydrogens is 404 g/mol. The molecule has 1 saturated carbocycles.